The van der Waals surface area contributed by atoms with Crippen molar-refractivity contribution in [3.8, 4) is 0 Å². The van der Waals surface area contributed by atoms with E-state index in [1.165, 1.54) is 11.8 Å². The highest BCUT2D eigenvalue weighted by Gasteiger charge is 2.33. The number of benzene rings is 1. The normalized spacial score (nSPS) is 21.2. The maximum atomic E-state index is 12.0. The van der Waals surface area contributed by atoms with E-state index in [4.69, 9.17) is 4.74 Å². The number of amides is 2. The Hall–Kier alpha value is -1.86. The molecular formula is C16H19N3O3S. The van der Waals surface area contributed by atoms with Crippen LogP contribution in [0.5, 0.6) is 0 Å². The van der Waals surface area contributed by atoms with Crippen molar-refractivity contribution in [2.75, 3.05) is 26.3 Å². The molecule has 2 aliphatic heterocycles. The van der Waals surface area contributed by atoms with E-state index in [1.54, 1.807) is 0 Å². The fourth-order valence-corrected chi connectivity index (χ4v) is 3.55. The quantitative estimate of drug-likeness (QED) is 0.891. The number of rotatable bonds is 4. The summed E-state index contributed by atoms with van der Waals surface area (Å²) in [5, 5.41) is 3.16. The fourth-order valence-electron chi connectivity index (χ4n) is 2.44. The van der Waals surface area contributed by atoms with Gasteiger partial charge in [-0.2, -0.15) is 4.99 Å². The van der Waals surface area contributed by atoms with E-state index in [0.717, 1.165) is 23.8 Å². The topological polar surface area (TPSA) is 71.0 Å². The zero-order chi connectivity index (χ0) is 16.1. The summed E-state index contributed by atoms with van der Waals surface area (Å²) in [5.41, 5.74) is 1.04. The molecule has 0 aliphatic carbocycles. The highest BCUT2D eigenvalue weighted by Crippen LogP contribution is 2.27. The Balaban J connectivity index is 1.47. The highest BCUT2D eigenvalue weighted by atomic mass is 32.2. The first-order valence-electron chi connectivity index (χ1n) is 7.65. The molecule has 0 aromatic heterocycles. The van der Waals surface area contributed by atoms with Crippen LogP contribution in [0.1, 0.15) is 12.0 Å². The zero-order valence-corrected chi connectivity index (χ0v) is 13.6. The lowest BCUT2D eigenvalue weighted by Gasteiger charge is -2.27. The van der Waals surface area contributed by atoms with Crippen molar-refractivity contribution >= 4 is 28.7 Å². The summed E-state index contributed by atoms with van der Waals surface area (Å²) in [5.74, 6) is -0.343. The van der Waals surface area contributed by atoms with Crippen molar-refractivity contribution in [2.45, 2.75) is 18.2 Å². The molecule has 3 rings (SSSR count). The SMILES string of the molecule is O=C(C[C@H]1SC(N2CCOCC2)=NC1=O)NCc1ccccc1. The van der Waals surface area contributed by atoms with Crippen molar-refractivity contribution in [2.24, 2.45) is 4.99 Å². The smallest absolute Gasteiger partial charge is 0.262 e. The number of morpholine rings is 1. The van der Waals surface area contributed by atoms with E-state index in [0.29, 0.717) is 19.8 Å². The Kier molecular flexibility index (Phi) is 5.30. The third-order valence-electron chi connectivity index (χ3n) is 3.71. The van der Waals surface area contributed by atoms with Gasteiger partial charge < -0.3 is 15.0 Å². The number of nitrogens with zero attached hydrogens (tertiary/aromatic N) is 2. The number of aliphatic imine (C=N–C) groups is 1. The molecule has 0 unspecified atom stereocenters. The fraction of sp³-hybridized carbons (Fsp3) is 0.438. The number of thioether (sulfide) groups is 1. The second kappa shape index (κ2) is 7.61. The summed E-state index contributed by atoms with van der Waals surface area (Å²) < 4.78 is 5.30. The molecule has 23 heavy (non-hydrogen) atoms. The van der Waals surface area contributed by atoms with E-state index in [1.807, 2.05) is 35.2 Å². The van der Waals surface area contributed by atoms with Crippen LogP contribution in [0.3, 0.4) is 0 Å². The van der Waals surface area contributed by atoms with Gasteiger partial charge in [0.2, 0.25) is 5.91 Å². The zero-order valence-electron chi connectivity index (χ0n) is 12.7. The van der Waals surface area contributed by atoms with E-state index >= 15 is 0 Å². The van der Waals surface area contributed by atoms with Crippen LogP contribution in [0.15, 0.2) is 35.3 Å². The van der Waals surface area contributed by atoms with Crippen molar-refractivity contribution in [1.82, 2.24) is 10.2 Å². The van der Waals surface area contributed by atoms with Crippen LogP contribution in [-0.4, -0.2) is 53.4 Å². The molecule has 6 nitrogen and oxygen atoms in total. The van der Waals surface area contributed by atoms with Gasteiger partial charge in [-0.15, -0.1) is 0 Å². The van der Waals surface area contributed by atoms with Gasteiger partial charge in [0.25, 0.3) is 5.91 Å². The molecule has 0 bridgehead atoms. The monoisotopic (exact) mass is 333 g/mol. The first kappa shape index (κ1) is 16.0. The van der Waals surface area contributed by atoms with Gasteiger partial charge >= 0.3 is 0 Å². The van der Waals surface area contributed by atoms with Crippen molar-refractivity contribution in [3.05, 3.63) is 35.9 Å². The van der Waals surface area contributed by atoms with Crippen LogP contribution in [0.2, 0.25) is 0 Å². The first-order valence-corrected chi connectivity index (χ1v) is 8.53. The summed E-state index contributed by atoms with van der Waals surface area (Å²) in [6.45, 7) is 3.26. The minimum absolute atomic E-state index is 0.127. The van der Waals surface area contributed by atoms with Gasteiger partial charge in [-0.3, -0.25) is 9.59 Å². The van der Waals surface area contributed by atoms with E-state index in [9.17, 15) is 9.59 Å². The lowest BCUT2D eigenvalue weighted by atomic mass is 10.2. The van der Waals surface area contributed by atoms with Gasteiger partial charge in [0.05, 0.1) is 13.2 Å². The molecule has 7 heteroatoms. The number of carbonyl (C=O) groups excluding carboxylic acids is 2. The second-order valence-corrected chi connectivity index (χ2v) is 6.57. The van der Waals surface area contributed by atoms with Crippen molar-refractivity contribution < 1.29 is 14.3 Å². The van der Waals surface area contributed by atoms with Crippen LogP contribution in [0, 0.1) is 0 Å². The molecule has 1 N–H and O–H groups in total. The Labute approximate surface area is 139 Å². The summed E-state index contributed by atoms with van der Waals surface area (Å²) in [7, 11) is 0. The average Bonchev–Trinajstić information content (AvgIpc) is 2.95. The lowest BCUT2D eigenvalue weighted by molar-refractivity contribution is -0.124. The molecule has 0 radical (unpaired) electrons. The van der Waals surface area contributed by atoms with Gasteiger partial charge in [0, 0.05) is 26.1 Å². The van der Waals surface area contributed by atoms with Gasteiger partial charge in [-0.25, -0.2) is 0 Å². The van der Waals surface area contributed by atoms with E-state index in [2.05, 4.69) is 10.3 Å². The Bertz CT molecular complexity index is 600. The molecule has 2 heterocycles. The molecule has 2 aliphatic rings. The minimum Gasteiger partial charge on any atom is -0.378 e. The third-order valence-corrected chi connectivity index (χ3v) is 4.93. The number of hydrogen-bond donors (Lipinski definition) is 1. The standard InChI is InChI=1S/C16H19N3O3S/c20-14(17-11-12-4-2-1-3-5-12)10-13-15(21)18-16(23-13)19-6-8-22-9-7-19/h1-5,13H,6-11H2,(H,17,20)/t13-/m1/s1. The molecule has 1 aromatic rings. The predicted molar refractivity (Wildman–Crippen MR) is 89.1 cm³/mol. The Morgan fingerprint density at radius 2 is 2.04 bits per heavy atom. The molecule has 1 atom stereocenters. The number of hydrogen-bond acceptors (Lipinski definition) is 5. The van der Waals surface area contributed by atoms with Crippen LogP contribution < -0.4 is 5.32 Å². The van der Waals surface area contributed by atoms with Crippen LogP contribution in [0.4, 0.5) is 0 Å². The average molecular weight is 333 g/mol. The molecule has 1 aromatic carbocycles. The number of nitrogens with one attached hydrogen (secondary N) is 1. The largest absolute Gasteiger partial charge is 0.378 e. The minimum atomic E-state index is -0.413. The summed E-state index contributed by atoms with van der Waals surface area (Å²) in [6.07, 6.45) is 0.160. The van der Waals surface area contributed by atoms with Gasteiger partial charge in [-0.05, 0) is 5.56 Å². The van der Waals surface area contributed by atoms with E-state index in [-0.39, 0.29) is 18.2 Å². The molecule has 1 fully saturated rings. The lowest BCUT2D eigenvalue weighted by Crippen LogP contribution is -2.39. The number of ether oxygens (including phenoxy) is 1. The molecule has 2 amide bonds. The van der Waals surface area contributed by atoms with Crippen LogP contribution in [-0.2, 0) is 20.9 Å². The summed E-state index contributed by atoms with van der Waals surface area (Å²) in [4.78, 5) is 30.2. The van der Waals surface area contributed by atoms with Gasteiger partial charge in [-0.1, -0.05) is 42.1 Å². The third kappa shape index (κ3) is 4.33. The molecule has 122 valence electrons. The number of amidine groups is 1. The van der Waals surface area contributed by atoms with Gasteiger partial charge in [0.1, 0.15) is 5.25 Å². The van der Waals surface area contributed by atoms with Gasteiger partial charge in [0.15, 0.2) is 5.17 Å². The Morgan fingerprint density at radius 3 is 2.78 bits per heavy atom. The van der Waals surface area contributed by atoms with E-state index < -0.39 is 5.25 Å². The first-order chi connectivity index (χ1) is 11.2. The predicted octanol–water partition coefficient (Wildman–Crippen LogP) is 1.02. The Morgan fingerprint density at radius 1 is 1.30 bits per heavy atom. The summed E-state index contributed by atoms with van der Waals surface area (Å²) >= 11 is 1.39. The van der Waals surface area contributed by atoms with Crippen molar-refractivity contribution in [1.29, 1.82) is 0 Å². The van der Waals surface area contributed by atoms with Crippen molar-refractivity contribution in [3.63, 3.8) is 0 Å². The van der Waals surface area contributed by atoms with Crippen LogP contribution >= 0.6 is 11.8 Å². The highest BCUT2D eigenvalue weighted by molar-refractivity contribution is 8.15. The van der Waals surface area contributed by atoms with Crippen LogP contribution in [0.25, 0.3) is 0 Å². The number of carbonyl (C=O) groups is 2. The second-order valence-electron chi connectivity index (χ2n) is 5.40. The molecular weight excluding hydrogens is 314 g/mol. The molecule has 0 saturated carbocycles. The molecule has 1 saturated heterocycles. The summed E-state index contributed by atoms with van der Waals surface area (Å²) in [6, 6.07) is 9.70. The molecule has 0 spiro atoms. The maximum Gasteiger partial charge on any atom is 0.262 e. The maximum absolute atomic E-state index is 12.0.